The first-order valence-corrected chi connectivity index (χ1v) is 4.56. The zero-order valence-electron chi connectivity index (χ0n) is 7.66. The second kappa shape index (κ2) is 3.50. The Balaban J connectivity index is 2.38. The average Bonchev–Trinajstić information content (AvgIpc) is 2.69. The first-order chi connectivity index (χ1) is 6.79. The summed E-state index contributed by atoms with van der Waals surface area (Å²) in [5.74, 6) is 0.614. The lowest BCUT2D eigenvalue weighted by molar-refractivity contribution is 0.908. The van der Waals surface area contributed by atoms with Gasteiger partial charge in [0.25, 0.3) is 0 Å². The van der Waals surface area contributed by atoms with E-state index in [-0.39, 0.29) is 5.69 Å². The molecule has 0 spiro atoms. The van der Waals surface area contributed by atoms with E-state index < -0.39 is 5.69 Å². The van der Waals surface area contributed by atoms with Gasteiger partial charge in [-0.15, -0.1) is 0 Å². The molecular formula is C9H10N4O. The molecule has 72 valence electrons. The maximum absolute atomic E-state index is 11.1. The first-order valence-electron chi connectivity index (χ1n) is 4.56. The summed E-state index contributed by atoms with van der Waals surface area (Å²) >= 11 is 0. The van der Waals surface area contributed by atoms with Crippen molar-refractivity contribution in [3.05, 3.63) is 22.2 Å². The van der Waals surface area contributed by atoms with Crippen molar-refractivity contribution in [2.24, 2.45) is 0 Å². The number of anilines is 1. The van der Waals surface area contributed by atoms with E-state index in [2.05, 4.69) is 9.97 Å². The smallest absolute Gasteiger partial charge is 0.347 e. The number of aromatic nitrogens is 2. The third kappa shape index (κ3) is 1.59. The Morgan fingerprint density at radius 1 is 1.50 bits per heavy atom. The van der Waals surface area contributed by atoms with Crippen LogP contribution in [0.2, 0.25) is 0 Å². The minimum atomic E-state index is -0.453. The summed E-state index contributed by atoms with van der Waals surface area (Å²) in [5, 5.41) is 8.66. The molecule has 1 aromatic rings. The van der Waals surface area contributed by atoms with Crippen LogP contribution in [0, 0.1) is 11.3 Å². The minimum Gasteiger partial charge on any atom is -0.356 e. The molecule has 0 aliphatic carbocycles. The molecular weight excluding hydrogens is 180 g/mol. The molecule has 1 aliphatic rings. The van der Waals surface area contributed by atoms with Crippen molar-refractivity contribution in [2.75, 3.05) is 18.0 Å². The van der Waals surface area contributed by atoms with Crippen LogP contribution in [0.1, 0.15) is 18.5 Å². The van der Waals surface area contributed by atoms with Gasteiger partial charge in [0.1, 0.15) is 17.6 Å². The molecule has 0 aromatic carbocycles. The van der Waals surface area contributed by atoms with E-state index in [1.54, 1.807) is 6.07 Å². The monoisotopic (exact) mass is 190 g/mol. The zero-order chi connectivity index (χ0) is 9.97. The average molecular weight is 190 g/mol. The molecule has 0 radical (unpaired) electrons. The molecule has 2 rings (SSSR count). The second-order valence-corrected chi connectivity index (χ2v) is 3.26. The van der Waals surface area contributed by atoms with Crippen LogP contribution in [0.5, 0.6) is 0 Å². The Hall–Kier alpha value is -1.83. The van der Waals surface area contributed by atoms with Gasteiger partial charge in [0.2, 0.25) is 0 Å². The largest absolute Gasteiger partial charge is 0.356 e. The molecule has 1 fully saturated rings. The third-order valence-corrected chi connectivity index (χ3v) is 2.28. The van der Waals surface area contributed by atoms with Crippen LogP contribution >= 0.6 is 0 Å². The number of nitrogens with zero attached hydrogens (tertiary/aromatic N) is 3. The first kappa shape index (κ1) is 8.75. The van der Waals surface area contributed by atoms with Gasteiger partial charge < -0.3 is 4.90 Å². The molecule has 0 atom stereocenters. The van der Waals surface area contributed by atoms with E-state index in [0.717, 1.165) is 25.9 Å². The maximum Gasteiger partial charge on any atom is 0.347 e. The van der Waals surface area contributed by atoms with Gasteiger partial charge in [-0.2, -0.15) is 10.2 Å². The molecule has 0 unspecified atom stereocenters. The number of aromatic amines is 1. The van der Waals surface area contributed by atoms with Gasteiger partial charge in [-0.1, -0.05) is 0 Å². The van der Waals surface area contributed by atoms with E-state index in [4.69, 9.17) is 5.26 Å². The molecule has 5 heteroatoms. The van der Waals surface area contributed by atoms with Crippen LogP contribution in [-0.4, -0.2) is 23.1 Å². The molecule has 1 aliphatic heterocycles. The highest BCUT2D eigenvalue weighted by molar-refractivity contribution is 5.42. The summed E-state index contributed by atoms with van der Waals surface area (Å²) in [6.07, 6.45) is 2.24. The fourth-order valence-corrected chi connectivity index (χ4v) is 1.61. The number of H-pyrrole nitrogens is 1. The molecule has 0 bridgehead atoms. The maximum atomic E-state index is 11.1. The number of nitrogens with one attached hydrogen (secondary N) is 1. The van der Waals surface area contributed by atoms with E-state index in [0.29, 0.717) is 5.82 Å². The Morgan fingerprint density at radius 3 is 2.86 bits per heavy atom. The van der Waals surface area contributed by atoms with E-state index in [1.165, 1.54) is 0 Å². The Labute approximate surface area is 81.0 Å². The lowest BCUT2D eigenvalue weighted by Crippen LogP contribution is -2.23. The van der Waals surface area contributed by atoms with Crippen LogP contribution < -0.4 is 10.6 Å². The van der Waals surface area contributed by atoms with Gasteiger partial charge in [-0.25, -0.2) is 4.79 Å². The van der Waals surface area contributed by atoms with Crippen LogP contribution in [0.25, 0.3) is 0 Å². The zero-order valence-corrected chi connectivity index (χ0v) is 7.66. The quantitative estimate of drug-likeness (QED) is 0.688. The Bertz CT molecular complexity index is 425. The molecule has 1 saturated heterocycles. The van der Waals surface area contributed by atoms with Crippen molar-refractivity contribution in [3.8, 4) is 6.07 Å². The molecule has 2 heterocycles. The van der Waals surface area contributed by atoms with Gasteiger partial charge in [0.15, 0.2) is 0 Å². The number of hydrogen-bond acceptors (Lipinski definition) is 4. The number of hydrogen-bond donors (Lipinski definition) is 1. The molecule has 1 N–H and O–H groups in total. The lowest BCUT2D eigenvalue weighted by atomic mass is 10.4. The van der Waals surface area contributed by atoms with E-state index >= 15 is 0 Å². The van der Waals surface area contributed by atoms with Crippen molar-refractivity contribution < 1.29 is 0 Å². The second-order valence-electron chi connectivity index (χ2n) is 3.26. The van der Waals surface area contributed by atoms with Gasteiger partial charge in [0.05, 0.1) is 0 Å². The van der Waals surface area contributed by atoms with Gasteiger partial charge >= 0.3 is 5.69 Å². The fourth-order valence-electron chi connectivity index (χ4n) is 1.61. The predicted molar refractivity (Wildman–Crippen MR) is 51.0 cm³/mol. The SMILES string of the molecule is N#Cc1cc(N2CCCC2)nc(=O)[nH]1. The molecule has 14 heavy (non-hydrogen) atoms. The van der Waals surface area contributed by atoms with Crippen molar-refractivity contribution in [1.29, 1.82) is 5.26 Å². The van der Waals surface area contributed by atoms with Crippen LogP contribution in [-0.2, 0) is 0 Å². The predicted octanol–water partition coefficient (Wildman–Crippen LogP) is 0.242. The summed E-state index contributed by atoms with van der Waals surface area (Å²) in [5.41, 5.74) is -0.183. The van der Waals surface area contributed by atoms with Crippen molar-refractivity contribution in [3.63, 3.8) is 0 Å². The highest BCUT2D eigenvalue weighted by Crippen LogP contribution is 2.16. The standard InChI is InChI=1S/C9H10N4O/c10-6-7-5-8(12-9(14)11-7)13-3-1-2-4-13/h5H,1-4H2,(H,11,12,14). The van der Waals surface area contributed by atoms with Crippen molar-refractivity contribution in [1.82, 2.24) is 9.97 Å². The van der Waals surface area contributed by atoms with Crippen molar-refractivity contribution >= 4 is 5.82 Å². The fraction of sp³-hybridized carbons (Fsp3) is 0.444. The minimum absolute atomic E-state index is 0.270. The highest BCUT2D eigenvalue weighted by Gasteiger charge is 2.14. The highest BCUT2D eigenvalue weighted by atomic mass is 16.1. The Kier molecular flexibility index (Phi) is 2.19. The molecule has 1 aromatic heterocycles. The van der Waals surface area contributed by atoms with Crippen LogP contribution in [0.15, 0.2) is 10.9 Å². The van der Waals surface area contributed by atoms with Gasteiger partial charge in [-0.05, 0) is 12.8 Å². The van der Waals surface area contributed by atoms with Crippen LogP contribution in [0.4, 0.5) is 5.82 Å². The van der Waals surface area contributed by atoms with Crippen LogP contribution in [0.3, 0.4) is 0 Å². The van der Waals surface area contributed by atoms with Gasteiger partial charge in [0, 0.05) is 19.2 Å². The summed E-state index contributed by atoms with van der Waals surface area (Å²) in [4.78, 5) is 19.3. The Morgan fingerprint density at radius 2 is 2.21 bits per heavy atom. The molecule has 0 amide bonds. The number of rotatable bonds is 1. The summed E-state index contributed by atoms with van der Waals surface area (Å²) < 4.78 is 0. The molecule has 5 nitrogen and oxygen atoms in total. The summed E-state index contributed by atoms with van der Waals surface area (Å²) in [6, 6.07) is 3.53. The topological polar surface area (TPSA) is 72.8 Å². The molecule has 0 saturated carbocycles. The third-order valence-electron chi connectivity index (χ3n) is 2.28. The lowest BCUT2D eigenvalue weighted by Gasteiger charge is -2.15. The summed E-state index contributed by atoms with van der Waals surface area (Å²) in [7, 11) is 0. The summed E-state index contributed by atoms with van der Waals surface area (Å²) in [6.45, 7) is 1.84. The van der Waals surface area contributed by atoms with Crippen molar-refractivity contribution in [2.45, 2.75) is 12.8 Å². The number of nitriles is 1. The normalized spacial score (nSPS) is 15.5. The van der Waals surface area contributed by atoms with E-state index in [9.17, 15) is 4.79 Å². The van der Waals surface area contributed by atoms with E-state index in [1.807, 2.05) is 11.0 Å². The van der Waals surface area contributed by atoms with Gasteiger partial charge in [-0.3, -0.25) is 4.98 Å².